The van der Waals surface area contributed by atoms with E-state index >= 15 is 0 Å². The van der Waals surface area contributed by atoms with Crippen molar-refractivity contribution < 1.29 is 9.18 Å². The lowest BCUT2D eigenvalue weighted by molar-refractivity contribution is -0.120. The van der Waals surface area contributed by atoms with Crippen molar-refractivity contribution in [2.75, 3.05) is 23.3 Å². The SMILES string of the molecule is O=C(Nc1ccc(F)cc1)C1CN(c2nc3ccccc3s2)C1. The number of hydrogen-bond donors (Lipinski definition) is 1. The van der Waals surface area contributed by atoms with Crippen molar-refractivity contribution in [2.45, 2.75) is 0 Å². The van der Waals surface area contributed by atoms with Crippen molar-refractivity contribution in [1.29, 1.82) is 0 Å². The van der Waals surface area contributed by atoms with Gasteiger partial charge >= 0.3 is 0 Å². The lowest BCUT2D eigenvalue weighted by atomic mass is 10.00. The third kappa shape index (κ3) is 2.77. The largest absolute Gasteiger partial charge is 0.346 e. The fraction of sp³-hybridized carbons (Fsp3) is 0.176. The Hall–Kier alpha value is -2.47. The van der Waals surface area contributed by atoms with E-state index in [-0.39, 0.29) is 17.6 Å². The fourth-order valence-corrected chi connectivity index (χ4v) is 3.56. The molecule has 0 saturated carbocycles. The van der Waals surface area contributed by atoms with Crippen molar-refractivity contribution in [3.05, 3.63) is 54.3 Å². The predicted molar refractivity (Wildman–Crippen MR) is 90.4 cm³/mol. The van der Waals surface area contributed by atoms with Crippen molar-refractivity contribution in [3.8, 4) is 0 Å². The molecule has 2 aromatic carbocycles. The van der Waals surface area contributed by atoms with E-state index in [1.165, 1.54) is 12.1 Å². The summed E-state index contributed by atoms with van der Waals surface area (Å²) in [6.45, 7) is 1.32. The summed E-state index contributed by atoms with van der Waals surface area (Å²) in [4.78, 5) is 18.9. The minimum atomic E-state index is -0.311. The van der Waals surface area contributed by atoms with Gasteiger partial charge in [-0.1, -0.05) is 23.5 Å². The molecule has 1 aromatic heterocycles. The van der Waals surface area contributed by atoms with Gasteiger partial charge in [-0.3, -0.25) is 4.79 Å². The van der Waals surface area contributed by atoms with E-state index in [2.05, 4.69) is 21.3 Å². The van der Waals surface area contributed by atoms with Crippen LogP contribution in [-0.4, -0.2) is 24.0 Å². The Morgan fingerprint density at radius 3 is 2.65 bits per heavy atom. The van der Waals surface area contributed by atoms with E-state index in [1.807, 2.05) is 18.2 Å². The van der Waals surface area contributed by atoms with Crippen LogP contribution in [-0.2, 0) is 4.79 Å². The molecule has 1 N–H and O–H groups in total. The molecule has 0 unspecified atom stereocenters. The monoisotopic (exact) mass is 327 g/mol. The van der Waals surface area contributed by atoms with E-state index in [0.717, 1.165) is 15.3 Å². The number of aromatic nitrogens is 1. The Balaban J connectivity index is 1.38. The van der Waals surface area contributed by atoms with Crippen molar-refractivity contribution in [1.82, 2.24) is 4.98 Å². The smallest absolute Gasteiger partial charge is 0.231 e. The summed E-state index contributed by atoms with van der Waals surface area (Å²) in [7, 11) is 0. The topological polar surface area (TPSA) is 45.2 Å². The van der Waals surface area contributed by atoms with Gasteiger partial charge < -0.3 is 10.2 Å². The van der Waals surface area contributed by atoms with Gasteiger partial charge in [0.15, 0.2) is 5.13 Å². The molecule has 0 bridgehead atoms. The highest BCUT2D eigenvalue weighted by Gasteiger charge is 2.34. The number of halogens is 1. The quantitative estimate of drug-likeness (QED) is 0.801. The molecule has 0 spiro atoms. The summed E-state index contributed by atoms with van der Waals surface area (Å²) in [5, 5.41) is 3.78. The molecule has 6 heteroatoms. The molecule has 116 valence electrons. The number of thiazole rings is 1. The zero-order valence-corrected chi connectivity index (χ0v) is 13.0. The standard InChI is InChI=1S/C17H14FN3OS/c18-12-5-7-13(8-6-12)19-16(22)11-9-21(10-11)17-20-14-3-1-2-4-15(14)23-17/h1-8,11H,9-10H2,(H,19,22). The molecule has 0 radical (unpaired) electrons. The van der Waals surface area contributed by atoms with E-state index in [1.54, 1.807) is 23.5 Å². The second kappa shape index (κ2) is 5.62. The van der Waals surface area contributed by atoms with Crippen LogP contribution < -0.4 is 10.2 Å². The molecule has 0 aliphatic carbocycles. The molecule has 1 amide bonds. The number of benzene rings is 2. The van der Waals surface area contributed by atoms with Gasteiger partial charge in [0.25, 0.3) is 0 Å². The molecule has 1 aliphatic rings. The van der Waals surface area contributed by atoms with Crippen LogP contribution in [0.1, 0.15) is 0 Å². The van der Waals surface area contributed by atoms with Gasteiger partial charge in [-0.2, -0.15) is 0 Å². The van der Waals surface area contributed by atoms with Crippen LogP contribution in [0.4, 0.5) is 15.2 Å². The van der Waals surface area contributed by atoms with E-state index < -0.39 is 0 Å². The lowest BCUT2D eigenvalue weighted by Crippen LogP contribution is -2.52. The summed E-state index contributed by atoms with van der Waals surface area (Å²) < 4.78 is 14.0. The third-order valence-electron chi connectivity index (χ3n) is 3.92. The predicted octanol–water partition coefficient (Wildman–Crippen LogP) is 3.51. The van der Waals surface area contributed by atoms with Gasteiger partial charge in [-0.15, -0.1) is 0 Å². The van der Waals surface area contributed by atoms with E-state index in [9.17, 15) is 9.18 Å². The second-order valence-electron chi connectivity index (χ2n) is 5.56. The summed E-state index contributed by atoms with van der Waals surface area (Å²) in [6.07, 6.45) is 0. The zero-order chi connectivity index (χ0) is 15.8. The first-order valence-electron chi connectivity index (χ1n) is 7.36. The van der Waals surface area contributed by atoms with Crippen molar-refractivity contribution in [3.63, 3.8) is 0 Å². The molecular formula is C17H14FN3OS. The van der Waals surface area contributed by atoms with Crippen LogP contribution in [0.15, 0.2) is 48.5 Å². The number of fused-ring (bicyclic) bond motifs is 1. The average Bonchev–Trinajstić information content (AvgIpc) is 2.91. The Bertz CT molecular complexity index is 823. The number of hydrogen-bond acceptors (Lipinski definition) is 4. The Labute approximate surface area is 136 Å². The molecule has 1 aliphatic heterocycles. The van der Waals surface area contributed by atoms with Crippen LogP contribution in [0.25, 0.3) is 10.2 Å². The van der Waals surface area contributed by atoms with Gasteiger partial charge in [0.1, 0.15) is 5.82 Å². The highest BCUT2D eigenvalue weighted by atomic mass is 32.1. The molecular weight excluding hydrogens is 313 g/mol. The van der Waals surface area contributed by atoms with Crippen LogP contribution in [0.2, 0.25) is 0 Å². The van der Waals surface area contributed by atoms with Gasteiger partial charge in [-0.25, -0.2) is 9.37 Å². The van der Waals surface area contributed by atoms with Crippen LogP contribution in [0.5, 0.6) is 0 Å². The Morgan fingerprint density at radius 2 is 1.91 bits per heavy atom. The minimum absolute atomic E-state index is 0.0334. The van der Waals surface area contributed by atoms with Crippen LogP contribution >= 0.6 is 11.3 Å². The molecule has 0 atom stereocenters. The fourth-order valence-electron chi connectivity index (χ4n) is 2.57. The lowest BCUT2D eigenvalue weighted by Gasteiger charge is -2.37. The van der Waals surface area contributed by atoms with Gasteiger partial charge in [-0.05, 0) is 36.4 Å². The minimum Gasteiger partial charge on any atom is -0.346 e. The highest BCUT2D eigenvalue weighted by Crippen LogP contribution is 2.33. The van der Waals surface area contributed by atoms with Gasteiger partial charge in [0.2, 0.25) is 5.91 Å². The Kier molecular flexibility index (Phi) is 3.46. The average molecular weight is 327 g/mol. The van der Waals surface area contributed by atoms with Crippen molar-refractivity contribution in [2.24, 2.45) is 5.92 Å². The van der Waals surface area contributed by atoms with Crippen LogP contribution in [0.3, 0.4) is 0 Å². The number of rotatable bonds is 3. The Morgan fingerprint density at radius 1 is 1.17 bits per heavy atom. The maximum atomic E-state index is 12.9. The highest BCUT2D eigenvalue weighted by molar-refractivity contribution is 7.22. The number of nitrogens with one attached hydrogen (secondary N) is 1. The number of nitrogens with zero attached hydrogens (tertiary/aromatic N) is 2. The normalized spacial score (nSPS) is 14.7. The maximum absolute atomic E-state index is 12.9. The van der Waals surface area contributed by atoms with Gasteiger partial charge in [0.05, 0.1) is 16.1 Å². The number of anilines is 2. The van der Waals surface area contributed by atoms with E-state index in [4.69, 9.17) is 0 Å². The molecule has 1 fully saturated rings. The molecule has 3 aromatic rings. The summed E-state index contributed by atoms with van der Waals surface area (Å²) in [5.41, 5.74) is 1.61. The third-order valence-corrected chi connectivity index (χ3v) is 5.01. The molecule has 4 rings (SSSR count). The molecule has 2 heterocycles. The summed E-state index contributed by atoms with van der Waals surface area (Å²) >= 11 is 1.64. The first kappa shape index (κ1) is 14.1. The molecule has 1 saturated heterocycles. The second-order valence-corrected chi connectivity index (χ2v) is 6.57. The first-order chi connectivity index (χ1) is 11.2. The first-order valence-corrected chi connectivity index (χ1v) is 8.18. The number of carbonyl (C=O) groups excluding carboxylic acids is 1. The summed E-state index contributed by atoms with van der Waals surface area (Å²) in [5.74, 6) is -0.408. The summed E-state index contributed by atoms with van der Waals surface area (Å²) in [6, 6.07) is 13.8. The van der Waals surface area contributed by atoms with Crippen LogP contribution in [0, 0.1) is 11.7 Å². The number of amides is 1. The number of carbonyl (C=O) groups is 1. The zero-order valence-electron chi connectivity index (χ0n) is 12.2. The molecule has 4 nitrogen and oxygen atoms in total. The number of para-hydroxylation sites is 1. The van der Waals surface area contributed by atoms with E-state index in [0.29, 0.717) is 18.8 Å². The molecule has 23 heavy (non-hydrogen) atoms. The van der Waals surface area contributed by atoms with Crippen molar-refractivity contribution >= 4 is 38.3 Å². The maximum Gasteiger partial charge on any atom is 0.231 e. The van der Waals surface area contributed by atoms with Gasteiger partial charge in [0, 0.05) is 18.8 Å².